The maximum Gasteiger partial charge on any atom is 0.203 e. The summed E-state index contributed by atoms with van der Waals surface area (Å²) in [7, 11) is 1.48. The molecule has 1 aliphatic rings. The van der Waals surface area contributed by atoms with Gasteiger partial charge in [0.15, 0.2) is 17.4 Å². The second-order valence-corrected chi connectivity index (χ2v) is 7.00. The van der Waals surface area contributed by atoms with Crippen molar-refractivity contribution < 1.29 is 9.13 Å². The zero-order valence-electron chi connectivity index (χ0n) is 16.3. The van der Waals surface area contributed by atoms with E-state index in [1.165, 1.54) is 7.11 Å². The first-order valence-electron chi connectivity index (χ1n) is 9.68. The highest BCUT2D eigenvalue weighted by Crippen LogP contribution is 2.22. The van der Waals surface area contributed by atoms with Crippen LogP contribution >= 0.6 is 0 Å². The highest BCUT2D eigenvalue weighted by atomic mass is 19.1. The van der Waals surface area contributed by atoms with E-state index in [-0.39, 0.29) is 11.6 Å². The molecule has 0 saturated carbocycles. The number of hydrogen-bond acceptors (Lipinski definition) is 6. The number of benzene rings is 1. The van der Waals surface area contributed by atoms with Gasteiger partial charge in [0.25, 0.3) is 0 Å². The molecule has 28 heavy (non-hydrogen) atoms. The van der Waals surface area contributed by atoms with E-state index < -0.39 is 0 Å². The summed E-state index contributed by atoms with van der Waals surface area (Å²) in [6.45, 7) is 6.39. The van der Waals surface area contributed by atoms with E-state index in [0.29, 0.717) is 0 Å². The van der Waals surface area contributed by atoms with Gasteiger partial charge in [-0.15, -0.1) is 10.2 Å². The van der Waals surface area contributed by atoms with Gasteiger partial charge in [-0.3, -0.25) is 9.30 Å². The number of fused-ring (bicyclic) bond motifs is 1. The highest BCUT2D eigenvalue weighted by molar-refractivity contribution is 5.63. The Morgan fingerprint density at radius 1 is 1.14 bits per heavy atom. The highest BCUT2D eigenvalue weighted by Gasteiger charge is 2.20. The van der Waals surface area contributed by atoms with Crippen molar-refractivity contribution in [3.05, 3.63) is 47.8 Å². The third kappa shape index (κ3) is 3.64. The summed E-state index contributed by atoms with van der Waals surface area (Å²) in [6.07, 6.45) is 5.57. The molecule has 4 rings (SSSR count). The van der Waals surface area contributed by atoms with Crippen LogP contribution in [0.1, 0.15) is 24.7 Å². The molecule has 8 heteroatoms. The molecule has 0 atom stereocenters. The van der Waals surface area contributed by atoms with Crippen LogP contribution in [0.15, 0.2) is 30.6 Å². The lowest BCUT2D eigenvalue weighted by Gasteiger charge is -2.23. The Morgan fingerprint density at radius 2 is 2.04 bits per heavy atom. The molecule has 148 valence electrons. The second-order valence-electron chi connectivity index (χ2n) is 7.00. The summed E-state index contributed by atoms with van der Waals surface area (Å²) in [5.41, 5.74) is 1.77. The maximum absolute atomic E-state index is 14.0. The molecule has 1 fully saturated rings. The minimum absolute atomic E-state index is 0.282. The average Bonchev–Trinajstić information content (AvgIpc) is 3.00. The smallest absolute Gasteiger partial charge is 0.203 e. The quantitative estimate of drug-likeness (QED) is 0.674. The Bertz CT molecular complexity index is 959. The first-order valence-corrected chi connectivity index (χ1v) is 9.68. The minimum Gasteiger partial charge on any atom is -0.494 e. The van der Waals surface area contributed by atoms with Crippen LogP contribution in [0.3, 0.4) is 0 Å². The van der Waals surface area contributed by atoms with Gasteiger partial charge in [0, 0.05) is 51.5 Å². The molecule has 0 amide bonds. The SMILES string of the molecule is CCc1nnc2c(N3CCCN(Cc4ccc(OC)c(F)c4)CC3)nccn12. The molecule has 0 aliphatic carbocycles. The van der Waals surface area contributed by atoms with E-state index in [0.717, 1.165) is 68.4 Å². The van der Waals surface area contributed by atoms with Gasteiger partial charge in [-0.25, -0.2) is 9.37 Å². The Hall–Kier alpha value is -2.74. The average molecular weight is 384 g/mol. The Labute approximate surface area is 163 Å². The molecule has 3 aromatic rings. The molecule has 1 saturated heterocycles. The number of nitrogens with zero attached hydrogens (tertiary/aromatic N) is 6. The monoisotopic (exact) mass is 384 g/mol. The van der Waals surface area contributed by atoms with Gasteiger partial charge in [-0.2, -0.15) is 0 Å². The van der Waals surface area contributed by atoms with Gasteiger partial charge in [0.2, 0.25) is 5.65 Å². The van der Waals surface area contributed by atoms with Crippen LogP contribution in [0.2, 0.25) is 0 Å². The van der Waals surface area contributed by atoms with Crippen molar-refractivity contribution in [2.24, 2.45) is 0 Å². The van der Waals surface area contributed by atoms with E-state index in [4.69, 9.17) is 4.74 Å². The summed E-state index contributed by atoms with van der Waals surface area (Å²) < 4.78 is 21.0. The number of hydrogen-bond donors (Lipinski definition) is 0. The number of aromatic nitrogens is 4. The molecule has 7 nitrogen and oxygen atoms in total. The molecule has 1 aromatic carbocycles. The van der Waals surface area contributed by atoms with E-state index >= 15 is 0 Å². The second kappa shape index (κ2) is 8.10. The fourth-order valence-corrected chi connectivity index (χ4v) is 3.73. The van der Waals surface area contributed by atoms with Gasteiger partial charge < -0.3 is 9.64 Å². The van der Waals surface area contributed by atoms with E-state index in [1.54, 1.807) is 12.1 Å². The molecule has 0 unspecified atom stereocenters. The van der Waals surface area contributed by atoms with Crippen molar-refractivity contribution in [2.75, 3.05) is 38.2 Å². The van der Waals surface area contributed by atoms with Gasteiger partial charge in [0.1, 0.15) is 5.82 Å². The minimum atomic E-state index is -0.314. The zero-order valence-corrected chi connectivity index (χ0v) is 16.3. The molecule has 3 heterocycles. The molecule has 0 spiro atoms. The van der Waals surface area contributed by atoms with Crippen LogP contribution in [0, 0.1) is 5.82 Å². The third-order valence-electron chi connectivity index (χ3n) is 5.21. The third-order valence-corrected chi connectivity index (χ3v) is 5.21. The van der Waals surface area contributed by atoms with Crippen LogP contribution in [-0.2, 0) is 13.0 Å². The van der Waals surface area contributed by atoms with Gasteiger partial charge in [-0.05, 0) is 24.1 Å². The molecule has 2 aromatic heterocycles. The lowest BCUT2D eigenvalue weighted by Crippen LogP contribution is -2.31. The van der Waals surface area contributed by atoms with Crippen molar-refractivity contribution in [3.63, 3.8) is 0 Å². The normalized spacial score (nSPS) is 15.8. The predicted molar refractivity (Wildman–Crippen MR) is 105 cm³/mol. The number of halogens is 1. The molecule has 1 aliphatic heterocycles. The van der Waals surface area contributed by atoms with E-state index in [1.807, 2.05) is 22.9 Å². The lowest BCUT2D eigenvalue weighted by atomic mass is 10.2. The van der Waals surface area contributed by atoms with Crippen LogP contribution in [0.5, 0.6) is 5.75 Å². The topological polar surface area (TPSA) is 58.8 Å². The first kappa shape index (κ1) is 18.6. The number of ether oxygens (including phenoxy) is 1. The largest absolute Gasteiger partial charge is 0.494 e. The fraction of sp³-hybridized carbons (Fsp3) is 0.450. The van der Waals surface area contributed by atoms with E-state index in [2.05, 4.69) is 31.9 Å². The lowest BCUT2D eigenvalue weighted by molar-refractivity contribution is 0.284. The van der Waals surface area contributed by atoms with Gasteiger partial charge in [0.05, 0.1) is 7.11 Å². The van der Waals surface area contributed by atoms with Crippen molar-refractivity contribution in [1.82, 2.24) is 24.5 Å². The molecule has 0 bridgehead atoms. The number of aryl methyl sites for hydroxylation is 1. The number of methoxy groups -OCH3 is 1. The summed E-state index contributed by atoms with van der Waals surface area (Å²) >= 11 is 0. The van der Waals surface area contributed by atoms with Crippen LogP contribution in [0.4, 0.5) is 10.2 Å². The molecular weight excluding hydrogens is 359 g/mol. The summed E-state index contributed by atoms with van der Waals surface area (Å²) in [4.78, 5) is 9.21. The van der Waals surface area contributed by atoms with Crippen molar-refractivity contribution >= 4 is 11.5 Å². The first-order chi connectivity index (χ1) is 13.7. The maximum atomic E-state index is 14.0. The summed E-state index contributed by atoms with van der Waals surface area (Å²) in [5.74, 6) is 1.79. The Kier molecular flexibility index (Phi) is 5.38. The molecular formula is C20H25FN6O. The summed E-state index contributed by atoms with van der Waals surface area (Å²) in [5, 5.41) is 8.63. The van der Waals surface area contributed by atoms with Gasteiger partial charge in [-0.1, -0.05) is 13.0 Å². The van der Waals surface area contributed by atoms with Crippen LogP contribution in [-0.4, -0.2) is 57.8 Å². The van der Waals surface area contributed by atoms with Gasteiger partial charge >= 0.3 is 0 Å². The molecule has 0 N–H and O–H groups in total. The van der Waals surface area contributed by atoms with Crippen molar-refractivity contribution in [3.8, 4) is 5.75 Å². The standard InChI is InChI=1S/C20H25FN6O/c1-3-18-23-24-20-19(22-7-10-27(18)20)26-9-4-8-25(11-12-26)14-15-5-6-17(28-2)16(21)13-15/h5-7,10,13H,3-4,8-9,11-12,14H2,1-2H3. The predicted octanol–water partition coefficient (Wildman–Crippen LogP) is 2.55. The van der Waals surface area contributed by atoms with Crippen molar-refractivity contribution in [1.29, 1.82) is 0 Å². The summed E-state index contributed by atoms with van der Waals surface area (Å²) in [6, 6.07) is 5.18. The Balaban J connectivity index is 1.47. The zero-order chi connectivity index (χ0) is 19.5. The van der Waals surface area contributed by atoms with E-state index in [9.17, 15) is 4.39 Å². The molecule has 0 radical (unpaired) electrons. The number of rotatable bonds is 5. The number of anilines is 1. The van der Waals surface area contributed by atoms with Crippen molar-refractivity contribution in [2.45, 2.75) is 26.3 Å². The Morgan fingerprint density at radius 3 is 2.82 bits per heavy atom. The van der Waals surface area contributed by atoms with Crippen LogP contribution < -0.4 is 9.64 Å². The van der Waals surface area contributed by atoms with Crippen LogP contribution in [0.25, 0.3) is 5.65 Å². The fourth-order valence-electron chi connectivity index (χ4n) is 3.73.